The Labute approximate surface area is 213 Å². The molecule has 2 aromatic carbocycles. The fourth-order valence-electron chi connectivity index (χ4n) is 5.93. The first kappa shape index (κ1) is 24.4. The normalized spacial score (nSPS) is 16.3. The first-order valence-electron chi connectivity index (χ1n) is 13.1. The van der Waals surface area contributed by atoms with Crippen LogP contribution in [0.4, 0.5) is 5.69 Å². The average molecular weight is 489 g/mol. The molecule has 2 heterocycles. The summed E-state index contributed by atoms with van der Waals surface area (Å²) >= 11 is 0. The molecule has 1 aromatic heterocycles. The lowest BCUT2D eigenvalue weighted by Crippen LogP contribution is -2.36. The third kappa shape index (κ3) is 4.61. The van der Waals surface area contributed by atoms with Crippen molar-refractivity contribution in [2.45, 2.75) is 70.9 Å². The number of benzene rings is 2. The van der Waals surface area contributed by atoms with Crippen LogP contribution in [0.3, 0.4) is 0 Å². The highest BCUT2D eigenvalue weighted by Crippen LogP contribution is 2.47. The molecule has 0 spiro atoms. The largest absolute Gasteiger partial charge is 0.465 e. The van der Waals surface area contributed by atoms with Gasteiger partial charge in [0.2, 0.25) is 0 Å². The van der Waals surface area contributed by atoms with E-state index in [-0.39, 0.29) is 18.5 Å². The molecule has 6 heteroatoms. The van der Waals surface area contributed by atoms with E-state index >= 15 is 0 Å². The number of anilines is 1. The molecule has 0 unspecified atom stereocenters. The van der Waals surface area contributed by atoms with E-state index in [9.17, 15) is 9.59 Å². The Morgan fingerprint density at radius 1 is 1.00 bits per heavy atom. The maximum absolute atomic E-state index is 12.8. The van der Waals surface area contributed by atoms with Gasteiger partial charge in [-0.25, -0.2) is 4.79 Å². The number of methoxy groups -OCH3 is 1. The van der Waals surface area contributed by atoms with Gasteiger partial charge in [0.15, 0.2) is 0 Å². The monoisotopic (exact) mass is 488 g/mol. The van der Waals surface area contributed by atoms with Crippen molar-refractivity contribution in [2.24, 2.45) is 0 Å². The van der Waals surface area contributed by atoms with Crippen LogP contribution in [-0.2, 0) is 20.8 Å². The first-order chi connectivity index (χ1) is 17.3. The van der Waals surface area contributed by atoms with Crippen molar-refractivity contribution in [3.8, 4) is 11.3 Å². The fraction of sp³-hybridized carbons (Fsp3) is 0.467. The third-order valence-electron chi connectivity index (χ3n) is 7.37. The van der Waals surface area contributed by atoms with Crippen LogP contribution in [0.15, 0.2) is 42.5 Å². The van der Waals surface area contributed by atoms with Gasteiger partial charge in [-0.3, -0.25) is 4.79 Å². The number of carbonyl (C=O) groups is 2. The highest BCUT2D eigenvalue weighted by Gasteiger charge is 2.31. The van der Waals surface area contributed by atoms with E-state index in [0.29, 0.717) is 24.6 Å². The molecule has 190 valence electrons. The van der Waals surface area contributed by atoms with E-state index in [1.165, 1.54) is 55.9 Å². The number of hydrogen-bond acceptors (Lipinski definition) is 5. The quantitative estimate of drug-likeness (QED) is 0.403. The zero-order valence-corrected chi connectivity index (χ0v) is 21.8. The van der Waals surface area contributed by atoms with Crippen molar-refractivity contribution in [1.82, 2.24) is 4.57 Å². The molecule has 1 saturated carbocycles. The average Bonchev–Trinajstić information content (AvgIpc) is 3.10. The Morgan fingerprint density at radius 3 is 2.47 bits per heavy atom. The first-order valence-corrected chi connectivity index (χ1v) is 13.1. The molecular formula is C30H36N2O4. The Morgan fingerprint density at radius 2 is 1.75 bits per heavy atom. The number of rotatable bonds is 4. The van der Waals surface area contributed by atoms with Gasteiger partial charge in [-0.2, -0.15) is 0 Å². The van der Waals surface area contributed by atoms with E-state index < -0.39 is 5.60 Å². The van der Waals surface area contributed by atoms with Crippen molar-refractivity contribution in [3.63, 3.8) is 0 Å². The molecular weight excluding hydrogens is 452 g/mol. The van der Waals surface area contributed by atoms with Gasteiger partial charge in [-0.1, -0.05) is 43.5 Å². The van der Waals surface area contributed by atoms with Crippen molar-refractivity contribution in [1.29, 1.82) is 0 Å². The molecule has 3 aromatic rings. The molecule has 0 atom stereocenters. The molecule has 0 radical (unpaired) electrons. The Hall–Kier alpha value is -3.28. The molecule has 36 heavy (non-hydrogen) atoms. The fourth-order valence-corrected chi connectivity index (χ4v) is 5.93. The van der Waals surface area contributed by atoms with Gasteiger partial charge < -0.3 is 18.9 Å². The van der Waals surface area contributed by atoms with Gasteiger partial charge in [0.25, 0.3) is 0 Å². The smallest absolute Gasteiger partial charge is 0.337 e. The summed E-state index contributed by atoms with van der Waals surface area (Å²) in [5.41, 5.74) is 5.88. The second-order valence-corrected chi connectivity index (χ2v) is 11.0. The number of hydrogen-bond donors (Lipinski definition) is 0. The summed E-state index contributed by atoms with van der Waals surface area (Å²) in [5, 5.41) is 1.22. The highest BCUT2D eigenvalue weighted by molar-refractivity contribution is 6.00. The second kappa shape index (κ2) is 9.64. The molecule has 0 bridgehead atoms. The van der Waals surface area contributed by atoms with E-state index in [1.807, 2.05) is 39.0 Å². The number of carbonyl (C=O) groups excluding carboxylic acids is 2. The summed E-state index contributed by atoms with van der Waals surface area (Å²) in [7, 11) is 1.42. The van der Waals surface area contributed by atoms with Gasteiger partial charge in [0.05, 0.1) is 18.4 Å². The number of esters is 2. The van der Waals surface area contributed by atoms with Crippen LogP contribution in [0.1, 0.15) is 74.7 Å². The van der Waals surface area contributed by atoms with E-state index in [0.717, 1.165) is 16.8 Å². The third-order valence-corrected chi connectivity index (χ3v) is 7.37. The standard InChI is InChI=1S/C30H36N2O4/c1-30(2,3)36-26(33)19-31-16-17-32-25-18-21(29(34)35-4)14-15-22(25)27(20-10-6-5-7-11-20)28(32)23-12-8-9-13-24(23)31/h8-9,12-15,18,20H,5-7,10-11,16-17,19H2,1-4H3. The number of nitrogens with zero attached hydrogens (tertiary/aromatic N) is 2. The van der Waals surface area contributed by atoms with E-state index in [1.54, 1.807) is 0 Å². The SMILES string of the molecule is COC(=O)c1ccc2c(C3CCCCC3)c3n(c2c1)CCN(CC(=O)OC(C)(C)C)c1ccccc1-3. The lowest BCUT2D eigenvalue weighted by atomic mass is 9.81. The molecule has 1 aliphatic heterocycles. The number of aromatic nitrogens is 1. The van der Waals surface area contributed by atoms with Crippen molar-refractivity contribution < 1.29 is 19.1 Å². The van der Waals surface area contributed by atoms with E-state index in [4.69, 9.17) is 9.47 Å². The van der Waals surface area contributed by atoms with Crippen LogP contribution in [0.25, 0.3) is 22.2 Å². The molecule has 0 N–H and O–H groups in total. The Bertz CT molecular complexity index is 1290. The topological polar surface area (TPSA) is 60.8 Å². The summed E-state index contributed by atoms with van der Waals surface area (Å²) in [5.74, 6) is -0.0756. The van der Waals surface area contributed by atoms with Gasteiger partial charge in [-0.15, -0.1) is 0 Å². The molecule has 0 amide bonds. The lowest BCUT2D eigenvalue weighted by molar-refractivity contribution is -0.153. The van der Waals surface area contributed by atoms with Crippen LogP contribution in [-0.4, -0.2) is 42.3 Å². The predicted molar refractivity (Wildman–Crippen MR) is 143 cm³/mol. The highest BCUT2D eigenvalue weighted by atomic mass is 16.6. The summed E-state index contributed by atoms with van der Waals surface area (Å²) in [6, 6.07) is 14.4. The van der Waals surface area contributed by atoms with Crippen molar-refractivity contribution in [3.05, 3.63) is 53.6 Å². The van der Waals surface area contributed by atoms with Crippen LogP contribution in [0.5, 0.6) is 0 Å². The molecule has 5 rings (SSSR count). The Balaban J connectivity index is 1.67. The van der Waals surface area contributed by atoms with Gasteiger partial charge in [0.1, 0.15) is 12.1 Å². The molecule has 2 aliphatic rings. The molecule has 6 nitrogen and oxygen atoms in total. The maximum Gasteiger partial charge on any atom is 0.337 e. The lowest BCUT2D eigenvalue weighted by Gasteiger charge is -2.27. The van der Waals surface area contributed by atoms with Gasteiger partial charge >= 0.3 is 11.9 Å². The maximum atomic E-state index is 12.8. The zero-order valence-electron chi connectivity index (χ0n) is 21.8. The minimum Gasteiger partial charge on any atom is -0.465 e. The van der Waals surface area contributed by atoms with Crippen LogP contribution in [0, 0.1) is 0 Å². The number of ether oxygens (including phenoxy) is 2. The molecule has 1 fully saturated rings. The summed E-state index contributed by atoms with van der Waals surface area (Å²) < 4.78 is 13.0. The van der Waals surface area contributed by atoms with Crippen LogP contribution >= 0.6 is 0 Å². The molecule has 0 saturated heterocycles. The van der Waals surface area contributed by atoms with Crippen LogP contribution < -0.4 is 4.90 Å². The summed E-state index contributed by atoms with van der Waals surface area (Å²) in [4.78, 5) is 27.3. The van der Waals surface area contributed by atoms with E-state index in [2.05, 4.69) is 33.7 Å². The summed E-state index contributed by atoms with van der Waals surface area (Å²) in [6.45, 7) is 7.26. The zero-order chi connectivity index (χ0) is 25.4. The minimum absolute atomic E-state index is 0.198. The Kier molecular flexibility index (Phi) is 6.54. The van der Waals surface area contributed by atoms with Crippen LogP contribution in [0.2, 0.25) is 0 Å². The van der Waals surface area contributed by atoms with Gasteiger partial charge in [0, 0.05) is 35.2 Å². The van der Waals surface area contributed by atoms with Crippen molar-refractivity contribution >= 4 is 28.5 Å². The number of para-hydroxylation sites is 1. The minimum atomic E-state index is -0.525. The van der Waals surface area contributed by atoms with Crippen molar-refractivity contribution in [2.75, 3.05) is 25.1 Å². The number of fused-ring (bicyclic) bond motifs is 5. The summed E-state index contributed by atoms with van der Waals surface area (Å²) in [6.07, 6.45) is 6.12. The predicted octanol–water partition coefficient (Wildman–Crippen LogP) is 6.30. The molecule has 1 aliphatic carbocycles. The second-order valence-electron chi connectivity index (χ2n) is 11.0. The van der Waals surface area contributed by atoms with Gasteiger partial charge in [-0.05, 0) is 63.3 Å².